The molecular formula is C22H19N3O3S. The van der Waals surface area contributed by atoms with E-state index in [-0.39, 0.29) is 24.4 Å². The predicted octanol–water partition coefficient (Wildman–Crippen LogP) is 4.11. The first kappa shape index (κ1) is 18.9. The van der Waals surface area contributed by atoms with E-state index in [1.165, 1.54) is 11.3 Å². The molecule has 0 aliphatic heterocycles. The molecule has 1 amide bonds. The first-order valence-corrected chi connectivity index (χ1v) is 10.0. The van der Waals surface area contributed by atoms with Crippen LogP contribution in [0.15, 0.2) is 81.3 Å². The quantitative estimate of drug-likeness (QED) is 0.524. The Morgan fingerprint density at radius 3 is 2.48 bits per heavy atom. The Labute approximate surface area is 171 Å². The molecule has 1 atom stereocenters. The zero-order valence-electron chi connectivity index (χ0n) is 15.7. The van der Waals surface area contributed by atoms with Gasteiger partial charge in [0, 0.05) is 0 Å². The summed E-state index contributed by atoms with van der Waals surface area (Å²) in [5.74, 6) is -0.733. The number of amides is 1. The average molecular weight is 405 g/mol. The van der Waals surface area contributed by atoms with E-state index in [0.29, 0.717) is 0 Å². The van der Waals surface area contributed by atoms with Crippen molar-refractivity contribution in [2.45, 2.75) is 19.5 Å². The molecule has 2 aromatic carbocycles. The zero-order chi connectivity index (χ0) is 20.2. The van der Waals surface area contributed by atoms with Crippen molar-refractivity contribution < 1.29 is 9.21 Å². The van der Waals surface area contributed by atoms with E-state index in [1.54, 1.807) is 0 Å². The molecule has 0 bridgehead atoms. The lowest BCUT2D eigenvalue weighted by atomic mass is 10.0. The maximum Gasteiger partial charge on any atom is 0.437 e. The van der Waals surface area contributed by atoms with E-state index in [2.05, 4.69) is 22.5 Å². The van der Waals surface area contributed by atoms with Crippen LogP contribution in [0.3, 0.4) is 0 Å². The maximum atomic E-state index is 12.4. The Balaban J connectivity index is 1.40. The molecule has 146 valence electrons. The highest BCUT2D eigenvalue weighted by Gasteiger charge is 2.16. The molecule has 4 aromatic rings. The van der Waals surface area contributed by atoms with Gasteiger partial charge in [-0.15, -0.1) is 16.4 Å². The second-order valence-electron chi connectivity index (χ2n) is 6.59. The number of rotatable bonds is 6. The summed E-state index contributed by atoms with van der Waals surface area (Å²) in [7, 11) is 0. The fraction of sp³-hybridized carbons (Fsp3) is 0.136. The normalized spacial score (nSPS) is 11.9. The van der Waals surface area contributed by atoms with Gasteiger partial charge in [-0.1, -0.05) is 60.7 Å². The monoisotopic (exact) mass is 405 g/mol. The fourth-order valence-electron chi connectivity index (χ4n) is 3.01. The second kappa shape index (κ2) is 8.28. The van der Waals surface area contributed by atoms with E-state index in [4.69, 9.17) is 4.42 Å². The second-order valence-corrected chi connectivity index (χ2v) is 7.53. The molecular weight excluding hydrogens is 386 g/mol. The van der Waals surface area contributed by atoms with E-state index < -0.39 is 5.76 Å². The van der Waals surface area contributed by atoms with Gasteiger partial charge in [0.15, 0.2) is 0 Å². The van der Waals surface area contributed by atoms with Crippen LogP contribution in [0.2, 0.25) is 0 Å². The van der Waals surface area contributed by atoms with E-state index in [9.17, 15) is 9.59 Å². The molecule has 0 aliphatic rings. The molecule has 0 saturated heterocycles. The number of carbonyl (C=O) groups excluding carboxylic acids is 1. The van der Waals surface area contributed by atoms with Crippen molar-refractivity contribution in [1.82, 2.24) is 15.1 Å². The van der Waals surface area contributed by atoms with Gasteiger partial charge in [0.05, 0.1) is 10.9 Å². The largest absolute Gasteiger partial charge is 0.437 e. The predicted molar refractivity (Wildman–Crippen MR) is 113 cm³/mol. The van der Waals surface area contributed by atoms with Crippen LogP contribution in [0.4, 0.5) is 0 Å². The van der Waals surface area contributed by atoms with Crippen LogP contribution < -0.4 is 11.1 Å². The molecule has 2 heterocycles. The SMILES string of the molecule is CC(NC(=O)Cn1nc(-c2cccs2)oc1=O)c1ccc(-c2ccccc2)cc1. The summed E-state index contributed by atoms with van der Waals surface area (Å²) in [6.45, 7) is 1.71. The summed E-state index contributed by atoms with van der Waals surface area (Å²) in [5.41, 5.74) is 3.23. The summed E-state index contributed by atoms with van der Waals surface area (Å²) in [4.78, 5) is 25.1. The lowest BCUT2D eigenvalue weighted by molar-refractivity contribution is -0.122. The Morgan fingerprint density at radius 1 is 1.07 bits per heavy atom. The minimum absolute atomic E-state index is 0.194. The van der Waals surface area contributed by atoms with Crippen LogP contribution in [0.1, 0.15) is 18.5 Å². The molecule has 1 N–H and O–H groups in total. The van der Waals surface area contributed by atoms with Gasteiger partial charge < -0.3 is 9.73 Å². The number of benzene rings is 2. The highest BCUT2D eigenvalue weighted by molar-refractivity contribution is 7.13. The van der Waals surface area contributed by atoms with Gasteiger partial charge in [-0.3, -0.25) is 4.79 Å². The average Bonchev–Trinajstić information content (AvgIpc) is 3.39. The summed E-state index contributed by atoms with van der Waals surface area (Å²) < 4.78 is 6.17. The minimum atomic E-state index is -0.650. The number of carbonyl (C=O) groups is 1. The summed E-state index contributed by atoms with van der Waals surface area (Å²) >= 11 is 1.42. The molecule has 0 saturated carbocycles. The Kier molecular flexibility index (Phi) is 5.39. The van der Waals surface area contributed by atoms with Crippen LogP contribution in [-0.2, 0) is 11.3 Å². The lowest BCUT2D eigenvalue weighted by Gasteiger charge is -2.14. The summed E-state index contributed by atoms with van der Waals surface area (Å²) in [6.07, 6.45) is 0. The molecule has 1 unspecified atom stereocenters. The minimum Gasteiger partial charge on any atom is -0.387 e. The van der Waals surface area contributed by atoms with Gasteiger partial charge in [0.1, 0.15) is 6.54 Å². The van der Waals surface area contributed by atoms with Crippen LogP contribution in [0, 0.1) is 0 Å². The summed E-state index contributed by atoms with van der Waals surface area (Å²) in [5, 5.41) is 8.87. The highest BCUT2D eigenvalue weighted by Crippen LogP contribution is 2.22. The van der Waals surface area contributed by atoms with Crippen LogP contribution >= 0.6 is 11.3 Å². The number of aromatic nitrogens is 2. The summed E-state index contributed by atoms with van der Waals surface area (Å²) in [6, 6.07) is 21.6. The molecule has 0 spiro atoms. The molecule has 0 aliphatic carbocycles. The van der Waals surface area contributed by atoms with Crippen molar-refractivity contribution in [2.24, 2.45) is 0 Å². The number of nitrogens with zero attached hydrogens (tertiary/aromatic N) is 2. The standard InChI is InChI=1S/C22H19N3O3S/c1-15(16-9-11-18(12-10-16)17-6-3-2-4-7-17)23-20(26)14-25-22(27)28-21(24-25)19-8-5-13-29-19/h2-13,15H,14H2,1H3,(H,23,26). The number of thiophene rings is 1. The Bertz CT molecular complexity index is 1150. The lowest BCUT2D eigenvalue weighted by Crippen LogP contribution is -2.33. The van der Waals surface area contributed by atoms with Crippen molar-refractivity contribution >= 4 is 17.2 Å². The van der Waals surface area contributed by atoms with E-state index in [0.717, 1.165) is 26.2 Å². The molecule has 4 rings (SSSR count). The van der Waals surface area contributed by atoms with Crippen molar-refractivity contribution in [2.75, 3.05) is 0 Å². The topological polar surface area (TPSA) is 77.1 Å². The molecule has 29 heavy (non-hydrogen) atoms. The first-order valence-electron chi connectivity index (χ1n) is 9.17. The fourth-order valence-corrected chi connectivity index (χ4v) is 3.65. The maximum absolute atomic E-state index is 12.4. The smallest absolute Gasteiger partial charge is 0.387 e. The number of nitrogens with one attached hydrogen (secondary N) is 1. The van der Waals surface area contributed by atoms with Gasteiger partial charge in [-0.25, -0.2) is 4.79 Å². The third-order valence-corrected chi connectivity index (χ3v) is 5.38. The van der Waals surface area contributed by atoms with Crippen LogP contribution in [-0.4, -0.2) is 15.7 Å². The van der Waals surface area contributed by atoms with E-state index >= 15 is 0 Å². The van der Waals surface area contributed by atoms with Crippen LogP contribution in [0.25, 0.3) is 21.9 Å². The number of hydrogen-bond acceptors (Lipinski definition) is 5. The van der Waals surface area contributed by atoms with Gasteiger partial charge in [0.25, 0.3) is 5.89 Å². The van der Waals surface area contributed by atoms with Crippen molar-refractivity contribution in [3.05, 3.63) is 88.2 Å². The Morgan fingerprint density at radius 2 is 1.79 bits per heavy atom. The van der Waals surface area contributed by atoms with Crippen molar-refractivity contribution in [1.29, 1.82) is 0 Å². The third kappa shape index (κ3) is 4.35. The molecule has 2 aromatic heterocycles. The molecule has 7 heteroatoms. The zero-order valence-corrected chi connectivity index (χ0v) is 16.6. The van der Waals surface area contributed by atoms with Crippen molar-refractivity contribution in [3.8, 4) is 21.9 Å². The Hall–Kier alpha value is -3.45. The van der Waals surface area contributed by atoms with E-state index in [1.807, 2.05) is 66.9 Å². The van der Waals surface area contributed by atoms with Gasteiger partial charge in [-0.05, 0) is 35.1 Å². The molecule has 0 fully saturated rings. The molecule has 0 radical (unpaired) electrons. The van der Waals surface area contributed by atoms with Gasteiger partial charge in [0.2, 0.25) is 5.91 Å². The van der Waals surface area contributed by atoms with Gasteiger partial charge in [-0.2, -0.15) is 4.68 Å². The molecule has 6 nitrogen and oxygen atoms in total. The van der Waals surface area contributed by atoms with Crippen molar-refractivity contribution in [3.63, 3.8) is 0 Å². The highest BCUT2D eigenvalue weighted by atomic mass is 32.1. The number of hydrogen-bond donors (Lipinski definition) is 1. The van der Waals surface area contributed by atoms with Gasteiger partial charge >= 0.3 is 5.76 Å². The first-order chi connectivity index (χ1) is 14.1. The van der Waals surface area contributed by atoms with Crippen LogP contribution in [0.5, 0.6) is 0 Å². The third-order valence-electron chi connectivity index (χ3n) is 4.53.